The molecule has 2 aromatic carbocycles. The van der Waals surface area contributed by atoms with E-state index in [0.29, 0.717) is 5.56 Å². The zero-order valence-corrected chi connectivity index (χ0v) is 19.1. The maximum absolute atomic E-state index is 13.0. The number of likely N-dealkylation sites (N-methyl/N-ethyl adjacent to an activating group) is 1. The largest absolute Gasteiger partial charge is 0.383 e. The third kappa shape index (κ3) is 6.49. The molecule has 0 spiro atoms. The Kier molecular flexibility index (Phi) is 8.14. The molecule has 0 aliphatic heterocycles. The average Bonchev–Trinajstić information content (AvgIpc) is 2.67. The topological polar surface area (TPSA) is 98.9 Å². The van der Waals surface area contributed by atoms with Crippen LogP contribution in [0.5, 0.6) is 5.75 Å². The highest BCUT2D eigenvalue weighted by atomic mass is 79.9. The maximum Gasteiger partial charge on any atom is 0.311 e. The molecule has 0 saturated carbocycles. The van der Waals surface area contributed by atoms with E-state index in [9.17, 15) is 13.2 Å². The highest BCUT2D eigenvalue weighted by Crippen LogP contribution is 2.30. The van der Waals surface area contributed by atoms with Crippen molar-refractivity contribution in [3.63, 3.8) is 0 Å². The van der Waals surface area contributed by atoms with Crippen molar-refractivity contribution < 1.29 is 22.1 Å². The molecule has 0 heterocycles. The summed E-state index contributed by atoms with van der Waals surface area (Å²) in [7, 11) is -0.849. The number of amides is 1. The molecule has 0 fully saturated rings. The van der Waals surface area contributed by atoms with Crippen molar-refractivity contribution in [2.45, 2.75) is 5.92 Å². The van der Waals surface area contributed by atoms with E-state index >= 15 is 0 Å². The molecular formula is C19H21BrN2O5S2. The van der Waals surface area contributed by atoms with Gasteiger partial charge < -0.3 is 14.7 Å². The van der Waals surface area contributed by atoms with E-state index in [0.717, 1.165) is 10.0 Å². The number of halogens is 1. The summed E-state index contributed by atoms with van der Waals surface area (Å²) in [6, 6.07) is 13.6. The smallest absolute Gasteiger partial charge is 0.311 e. The molecule has 0 radical (unpaired) electrons. The number of nitrogens with two attached hydrogens (primary N) is 1. The zero-order chi connectivity index (χ0) is 21.6. The first kappa shape index (κ1) is 23.3. The summed E-state index contributed by atoms with van der Waals surface area (Å²) in [6.07, 6.45) is 0. The van der Waals surface area contributed by atoms with E-state index in [2.05, 4.69) is 15.9 Å². The number of carbonyl (C=O) groups is 1. The summed E-state index contributed by atoms with van der Waals surface area (Å²) < 4.78 is 34.5. The van der Waals surface area contributed by atoms with Gasteiger partial charge in [-0.15, -0.1) is 0 Å². The maximum atomic E-state index is 13.0. The number of hydrogen-bond donors (Lipinski definition) is 1. The summed E-state index contributed by atoms with van der Waals surface area (Å²) in [5.41, 5.74) is 6.99. The second kappa shape index (κ2) is 10.1. The molecule has 1 atom stereocenters. The number of rotatable bonds is 8. The summed E-state index contributed by atoms with van der Waals surface area (Å²) in [4.78, 5) is 14.2. The van der Waals surface area contributed by atoms with Gasteiger partial charge in [-0.25, -0.2) is 0 Å². The van der Waals surface area contributed by atoms with Crippen LogP contribution >= 0.6 is 28.1 Å². The molecule has 7 nitrogen and oxygen atoms in total. The molecule has 0 aliphatic carbocycles. The van der Waals surface area contributed by atoms with Gasteiger partial charge in [0.15, 0.2) is 5.11 Å². The SMILES string of the molecule is COCCS(=O)(=O)Oc1ccc(C(C(=O)N(C)C(N)=S)c2cccc(Br)c2)cc1. The normalized spacial score (nSPS) is 12.2. The van der Waals surface area contributed by atoms with Crippen LogP contribution in [0.1, 0.15) is 17.0 Å². The Balaban J connectivity index is 2.36. The third-order valence-electron chi connectivity index (χ3n) is 4.06. The first-order valence-corrected chi connectivity index (χ1v) is 11.3. The van der Waals surface area contributed by atoms with Gasteiger partial charge in [-0.1, -0.05) is 40.2 Å². The fourth-order valence-electron chi connectivity index (χ4n) is 2.56. The van der Waals surface area contributed by atoms with E-state index < -0.39 is 16.0 Å². The molecule has 2 rings (SSSR count). The van der Waals surface area contributed by atoms with Crippen LogP contribution in [-0.4, -0.2) is 50.9 Å². The van der Waals surface area contributed by atoms with E-state index in [1.54, 1.807) is 12.1 Å². The average molecular weight is 501 g/mol. The summed E-state index contributed by atoms with van der Waals surface area (Å²) in [5.74, 6) is -1.11. The molecule has 0 aromatic heterocycles. The lowest BCUT2D eigenvalue weighted by atomic mass is 9.90. The summed E-state index contributed by atoms with van der Waals surface area (Å²) >= 11 is 8.34. The van der Waals surface area contributed by atoms with Crippen molar-refractivity contribution in [3.05, 3.63) is 64.1 Å². The molecule has 10 heteroatoms. The first-order valence-electron chi connectivity index (χ1n) is 8.48. The summed E-state index contributed by atoms with van der Waals surface area (Å²) in [6.45, 7) is 0.0329. The minimum absolute atomic E-state index is 0.0329. The number of hydrogen-bond acceptors (Lipinski definition) is 6. The van der Waals surface area contributed by atoms with E-state index in [-0.39, 0.29) is 29.1 Å². The standard InChI is InChI=1S/C19H21BrN2O5S2/c1-22(19(21)28)18(23)17(14-4-3-5-15(20)12-14)13-6-8-16(9-7-13)27-29(24,25)11-10-26-2/h3-9,12,17H,10-11H2,1-2H3,(H2,21,28). The Hall–Kier alpha value is -2.01. The van der Waals surface area contributed by atoms with E-state index in [4.69, 9.17) is 26.9 Å². The van der Waals surface area contributed by atoms with Crippen molar-refractivity contribution >= 4 is 49.3 Å². The fraction of sp³-hybridized carbons (Fsp3) is 0.263. The number of ether oxygens (including phenoxy) is 1. The van der Waals surface area contributed by atoms with Crippen LogP contribution in [0.4, 0.5) is 0 Å². The number of benzene rings is 2. The number of nitrogens with zero attached hydrogens (tertiary/aromatic N) is 1. The molecule has 2 aromatic rings. The number of thiocarbonyl (C=S) groups is 1. The monoisotopic (exact) mass is 500 g/mol. The van der Waals surface area contributed by atoms with Crippen LogP contribution in [0.2, 0.25) is 0 Å². The molecule has 0 aliphatic rings. The zero-order valence-electron chi connectivity index (χ0n) is 15.9. The highest BCUT2D eigenvalue weighted by Gasteiger charge is 2.27. The van der Waals surface area contributed by atoms with Gasteiger partial charge in [-0.3, -0.25) is 9.69 Å². The van der Waals surface area contributed by atoms with Gasteiger partial charge in [0.05, 0.1) is 12.5 Å². The second-order valence-corrected chi connectivity index (χ2v) is 9.15. The fourth-order valence-corrected chi connectivity index (χ4v) is 3.92. The molecule has 1 unspecified atom stereocenters. The Bertz CT molecular complexity index is 980. The van der Waals surface area contributed by atoms with Gasteiger partial charge in [-0.05, 0) is 47.6 Å². The van der Waals surface area contributed by atoms with Crippen molar-refractivity contribution in [3.8, 4) is 5.75 Å². The molecule has 0 bridgehead atoms. The van der Waals surface area contributed by atoms with Gasteiger partial charge in [0.25, 0.3) is 0 Å². The molecule has 1 amide bonds. The number of carbonyl (C=O) groups excluding carboxylic acids is 1. The van der Waals surface area contributed by atoms with Crippen LogP contribution in [0.3, 0.4) is 0 Å². The van der Waals surface area contributed by atoms with Gasteiger partial charge in [0.1, 0.15) is 11.5 Å². The van der Waals surface area contributed by atoms with Crippen molar-refractivity contribution in [2.75, 3.05) is 26.5 Å². The Morgan fingerprint density at radius 2 is 1.86 bits per heavy atom. The lowest BCUT2D eigenvalue weighted by molar-refractivity contribution is -0.127. The summed E-state index contributed by atoms with van der Waals surface area (Å²) in [5, 5.41) is -0.0424. The van der Waals surface area contributed by atoms with Gasteiger partial charge in [-0.2, -0.15) is 8.42 Å². The number of methoxy groups -OCH3 is 1. The molecule has 29 heavy (non-hydrogen) atoms. The molecule has 156 valence electrons. The van der Waals surface area contributed by atoms with Crippen LogP contribution in [0, 0.1) is 0 Å². The van der Waals surface area contributed by atoms with E-state index in [1.165, 1.54) is 31.2 Å². The van der Waals surface area contributed by atoms with E-state index in [1.807, 2.05) is 24.3 Å². The minimum Gasteiger partial charge on any atom is -0.383 e. The predicted octanol–water partition coefficient (Wildman–Crippen LogP) is 2.64. The second-order valence-electron chi connectivity index (χ2n) is 6.13. The molecular weight excluding hydrogens is 480 g/mol. The van der Waals surface area contributed by atoms with Crippen molar-refractivity contribution in [1.82, 2.24) is 4.90 Å². The Morgan fingerprint density at radius 1 is 1.21 bits per heavy atom. The third-order valence-corrected chi connectivity index (χ3v) is 5.94. The van der Waals surface area contributed by atoms with Crippen LogP contribution < -0.4 is 9.92 Å². The Labute approximate surface area is 184 Å². The van der Waals surface area contributed by atoms with Crippen molar-refractivity contribution in [1.29, 1.82) is 0 Å². The van der Waals surface area contributed by atoms with Crippen LogP contribution in [0.15, 0.2) is 53.0 Å². The van der Waals surface area contributed by atoms with Crippen LogP contribution in [-0.2, 0) is 19.6 Å². The minimum atomic E-state index is -3.77. The van der Waals surface area contributed by atoms with Crippen molar-refractivity contribution in [2.24, 2.45) is 5.73 Å². The highest BCUT2D eigenvalue weighted by molar-refractivity contribution is 9.10. The quantitative estimate of drug-likeness (QED) is 0.439. The predicted molar refractivity (Wildman–Crippen MR) is 118 cm³/mol. The lowest BCUT2D eigenvalue weighted by Gasteiger charge is -2.23. The molecule has 2 N–H and O–H groups in total. The van der Waals surface area contributed by atoms with Gasteiger partial charge in [0, 0.05) is 18.6 Å². The van der Waals surface area contributed by atoms with Gasteiger partial charge in [0.2, 0.25) is 5.91 Å². The molecule has 0 saturated heterocycles. The Morgan fingerprint density at radius 3 is 2.41 bits per heavy atom. The van der Waals surface area contributed by atoms with Gasteiger partial charge >= 0.3 is 10.1 Å². The lowest BCUT2D eigenvalue weighted by Crippen LogP contribution is -2.40. The van der Waals surface area contributed by atoms with Crippen LogP contribution in [0.25, 0.3) is 0 Å². The first-order chi connectivity index (χ1) is 13.6.